The molecule has 1 aliphatic heterocycles. The number of nitrogens with zero attached hydrogens (tertiary/aromatic N) is 5. The number of rotatable bonds is 5. The average Bonchev–Trinajstić information content (AvgIpc) is 3.46. The van der Waals surface area contributed by atoms with Crippen LogP contribution in [0.2, 0.25) is 0 Å². The van der Waals surface area contributed by atoms with Crippen molar-refractivity contribution in [3.05, 3.63) is 63.7 Å². The van der Waals surface area contributed by atoms with Gasteiger partial charge in [-0.2, -0.15) is 0 Å². The Morgan fingerprint density at radius 1 is 1.13 bits per heavy atom. The van der Waals surface area contributed by atoms with Gasteiger partial charge in [0, 0.05) is 37.1 Å². The number of ether oxygens (including phenoxy) is 1. The summed E-state index contributed by atoms with van der Waals surface area (Å²) >= 11 is 3.22. The highest BCUT2D eigenvalue weighted by Gasteiger charge is 2.24. The molecule has 1 aliphatic rings. The number of amides is 1. The molecule has 7 nitrogen and oxygen atoms in total. The second-order valence-corrected chi connectivity index (χ2v) is 9.25. The van der Waals surface area contributed by atoms with E-state index in [2.05, 4.69) is 25.9 Å². The number of anilines is 1. The Balaban J connectivity index is 1.23. The van der Waals surface area contributed by atoms with E-state index in [1.165, 1.54) is 0 Å². The van der Waals surface area contributed by atoms with Gasteiger partial charge in [0.25, 0.3) is 5.91 Å². The summed E-state index contributed by atoms with van der Waals surface area (Å²) in [6, 6.07) is 9.45. The molecule has 0 N–H and O–H groups in total. The van der Waals surface area contributed by atoms with Gasteiger partial charge in [-0.1, -0.05) is 6.07 Å². The molecule has 5 rings (SSSR count). The van der Waals surface area contributed by atoms with Crippen LogP contribution in [0.25, 0.3) is 10.2 Å². The van der Waals surface area contributed by atoms with Crippen LogP contribution in [0.1, 0.15) is 21.1 Å². The first-order chi connectivity index (χ1) is 15.2. The average molecular weight is 452 g/mol. The first-order valence-electron chi connectivity index (χ1n) is 10.0. The third-order valence-corrected chi connectivity index (χ3v) is 6.88. The normalized spacial score (nSPS) is 14.2. The van der Waals surface area contributed by atoms with Crippen LogP contribution in [-0.4, -0.2) is 51.9 Å². The summed E-state index contributed by atoms with van der Waals surface area (Å²) in [6.45, 7) is 5.16. The Hall–Kier alpha value is -3.04. The molecule has 0 aliphatic carbocycles. The number of thiophene rings is 1. The van der Waals surface area contributed by atoms with Crippen molar-refractivity contribution in [3.8, 4) is 5.75 Å². The molecular weight excluding hydrogens is 430 g/mol. The van der Waals surface area contributed by atoms with Crippen molar-refractivity contribution in [2.45, 2.75) is 13.5 Å². The molecule has 0 spiro atoms. The molecule has 0 unspecified atom stereocenters. The summed E-state index contributed by atoms with van der Waals surface area (Å²) < 4.78 is 5.84. The molecule has 158 valence electrons. The number of hydrogen-bond acceptors (Lipinski definition) is 8. The second kappa shape index (κ2) is 8.60. The Morgan fingerprint density at radius 3 is 2.81 bits per heavy atom. The lowest BCUT2D eigenvalue weighted by atomic mass is 10.1. The van der Waals surface area contributed by atoms with Crippen molar-refractivity contribution < 1.29 is 9.53 Å². The molecule has 1 saturated heterocycles. The van der Waals surface area contributed by atoms with Gasteiger partial charge in [-0.15, -0.1) is 22.7 Å². The zero-order valence-corrected chi connectivity index (χ0v) is 18.7. The summed E-state index contributed by atoms with van der Waals surface area (Å²) in [5.74, 6) is 1.65. The SMILES string of the molecule is Cc1nc(COc2cccc(C(=O)N3CCN(c4ncnc5sccc45)CC3)c2)cs1. The molecule has 0 atom stereocenters. The van der Waals surface area contributed by atoms with Gasteiger partial charge >= 0.3 is 0 Å². The van der Waals surface area contributed by atoms with E-state index in [1.54, 1.807) is 29.0 Å². The molecule has 3 aromatic heterocycles. The summed E-state index contributed by atoms with van der Waals surface area (Å²) in [7, 11) is 0. The summed E-state index contributed by atoms with van der Waals surface area (Å²) in [5.41, 5.74) is 1.54. The zero-order valence-electron chi connectivity index (χ0n) is 17.0. The second-order valence-electron chi connectivity index (χ2n) is 7.29. The summed E-state index contributed by atoms with van der Waals surface area (Å²) in [4.78, 5) is 31.4. The quantitative estimate of drug-likeness (QED) is 0.457. The fraction of sp³-hybridized carbons (Fsp3) is 0.273. The topological polar surface area (TPSA) is 71.5 Å². The van der Waals surface area contributed by atoms with Crippen molar-refractivity contribution >= 4 is 44.6 Å². The van der Waals surface area contributed by atoms with Crippen molar-refractivity contribution in [2.75, 3.05) is 31.1 Å². The maximum Gasteiger partial charge on any atom is 0.254 e. The van der Waals surface area contributed by atoms with Crippen LogP contribution in [0.4, 0.5) is 5.82 Å². The Labute approximate surface area is 188 Å². The van der Waals surface area contributed by atoms with Gasteiger partial charge in [0.1, 0.15) is 29.3 Å². The molecule has 4 aromatic rings. The van der Waals surface area contributed by atoms with E-state index in [0.29, 0.717) is 31.0 Å². The number of piperazine rings is 1. The maximum atomic E-state index is 13.1. The molecule has 31 heavy (non-hydrogen) atoms. The molecule has 1 aromatic carbocycles. The third-order valence-electron chi connectivity index (χ3n) is 5.24. The van der Waals surface area contributed by atoms with E-state index in [1.807, 2.05) is 46.8 Å². The highest BCUT2D eigenvalue weighted by atomic mass is 32.1. The Morgan fingerprint density at radius 2 is 2.00 bits per heavy atom. The van der Waals surface area contributed by atoms with E-state index >= 15 is 0 Å². The minimum absolute atomic E-state index is 0.0259. The van der Waals surface area contributed by atoms with E-state index in [9.17, 15) is 4.79 Å². The van der Waals surface area contributed by atoms with Crippen molar-refractivity contribution in [2.24, 2.45) is 0 Å². The molecule has 4 heterocycles. The number of aromatic nitrogens is 3. The molecule has 9 heteroatoms. The molecular formula is C22H21N5O2S2. The van der Waals surface area contributed by atoms with Crippen LogP contribution in [0.3, 0.4) is 0 Å². The first-order valence-corrected chi connectivity index (χ1v) is 11.8. The molecule has 1 amide bonds. The van der Waals surface area contributed by atoms with E-state index in [-0.39, 0.29) is 5.91 Å². The van der Waals surface area contributed by atoms with Crippen LogP contribution >= 0.6 is 22.7 Å². The summed E-state index contributed by atoms with van der Waals surface area (Å²) in [5, 5.41) is 6.12. The molecule has 0 saturated carbocycles. The van der Waals surface area contributed by atoms with E-state index in [0.717, 1.165) is 39.8 Å². The fourth-order valence-corrected chi connectivity index (χ4v) is 5.01. The predicted molar refractivity (Wildman–Crippen MR) is 123 cm³/mol. The van der Waals surface area contributed by atoms with Gasteiger partial charge in [-0.05, 0) is 36.6 Å². The van der Waals surface area contributed by atoms with Gasteiger partial charge < -0.3 is 14.5 Å². The van der Waals surface area contributed by atoms with E-state index < -0.39 is 0 Å². The largest absolute Gasteiger partial charge is 0.487 e. The van der Waals surface area contributed by atoms with Crippen LogP contribution in [0.15, 0.2) is 47.4 Å². The smallest absolute Gasteiger partial charge is 0.254 e. The monoisotopic (exact) mass is 451 g/mol. The standard InChI is InChI=1S/C22H21N5O2S2/c1-15-25-17(13-31-15)12-29-18-4-2-3-16(11-18)22(28)27-8-6-26(7-9-27)20-19-5-10-30-21(19)24-14-23-20/h2-5,10-11,13-14H,6-9,12H2,1H3. The number of aryl methyl sites for hydroxylation is 1. The highest BCUT2D eigenvalue weighted by molar-refractivity contribution is 7.16. The van der Waals surface area contributed by atoms with Gasteiger partial charge in [-0.25, -0.2) is 15.0 Å². The van der Waals surface area contributed by atoms with Crippen LogP contribution in [0.5, 0.6) is 5.75 Å². The number of hydrogen-bond donors (Lipinski definition) is 0. The lowest BCUT2D eigenvalue weighted by Gasteiger charge is -2.35. The Bertz CT molecular complexity index is 1210. The molecule has 1 fully saturated rings. The highest BCUT2D eigenvalue weighted by Crippen LogP contribution is 2.27. The minimum Gasteiger partial charge on any atom is -0.487 e. The van der Waals surface area contributed by atoms with Gasteiger partial charge in [0.2, 0.25) is 0 Å². The number of carbonyl (C=O) groups excluding carboxylic acids is 1. The van der Waals surface area contributed by atoms with Crippen molar-refractivity contribution in [1.82, 2.24) is 19.9 Å². The van der Waals surface area contributed by atoms with Crippen LogP contribution in [0, 0.1) is 6.92 Å². The van der Waals surface area contributed by atoms with E-state index in [4.69, 9.17) is 4.74 Å². The van der Waals surface area contributed by atoms with Crippen molar-refractivity contribution in [1.29, 1.82) is 0 Å². The number of benzene rings is 1. The van der Waals surface area contributed by atoms with Gasteiger partial charge in [0.05, 0.1) is 16.1 Å². The van der Waals surface area contributed by atoms with Gasteiger partial charge in [0.15, 0.2) is 0 Å². The maximum absolute atomic E-state index is 13.1. The minimum atomic E-state index is 0.0259. The number of fused-ring (bicyclic) bond motifs is 1. The lowest BCUT2D eigenvalue weighted by Crippen LogP contribution is -2.49. The predicted octanol–water partition coefficient (Wildman–Crippen LogP) is 4.00. The van der Waals surface area contributed by atoms with Crippen LogP contribution < -0.4 is 9.64 Å². The van der Waals surface area contributed by atoms with Crippen LogP contribution in [-0.2, 0) is 6.61 Å². The third kappa shape index (κ3) is 4.24. The fourth-order valence-electron chi connectivity index (χ4n) is 3.68. The Kier molecular flexibility index (Phi) is 5.52. The zero-order chi connectivity index (χ0) is 21.2. The van der Waals surface area contributed by atoms with Gasteiger partial charge in [-0.3, -0.25) is 4.79 Å². The molecule has 0 radical (unpaired) electrons. The summed E-state index contributed by atoms with van der Waals surface area (Å²) in [6.07, 6.45) is 1.62. The lowest BCUT2D eigenvalue weighted by molar-refractivity contribution is 0.0746. The first kappa shape index (κ1) is 19.9. The number of thiazole rings is 1. The van der Waals surface area contributed by atoms with Crippen molar-refractivity contribution in [3.63, 3.8) is 0 Å². The molecule has 0 bridgehead atoms. The number of carbonyl (C=O) groups is 1.